The molecule has 7 nitrogen and oxygen atoms in total. The van der Waals surface area contributed by atoms with Crippen molar-refractivity contribution in [3.05, 3.63) is 0 Å². The number of hydrogen-bond acceptors (Lipinski definition) is 7. The number of ether oxygens (including phenoxy) is 6. The lowest BCUT2D eigenvalue weighted by Crippen LogP contribution is -2.28. The third kappa shape index (κ3) is 16.7. The molecule has 0 aliphatic carbocycles. The monoisotopic (exact) mass is 544 g/mol. The average molecular weight is 545 g/mol. The van der Waals surface area contributed by atoms with Gasteiger partial charge in [-0.05, 0) is 94.3 Å². The summed E-state index contributed by atoms with van der Waals surface area (Å²) in [6.07, 6.45) is 17.1. The summed E-state index contributed by atoms with van der Waals surface area (Å²) in [6, 6.07) is 0. The summed E-state index contributed by atoms with van der Waals surface area (Å²) in [6.45, 7) is 14.0. The van der Waals surface area contributed by atoms with Crippen LogP contribution in [0.4, 0.5) is 0 Å². The molecule has 0 amide bonds. The van der Waals surface area contributed by atoms with E-state index in [1.54, 1.807) is 0 Å². The molecule has 3 aliphatic heterocycles. The van der Waals surface area contributed by atoms with Crippen molar-refractivity contribution < 1.29 is 33.5 Å². The van der Waals surface area contributed by atoms with Gasteiger partial charge in [-0.1, -0.05) is 40.5 Å². The second-order valence-corrected chi connectivity index (χ2v) is 12.8. The van der Waals surface area contributed by atoms with Crippen LogP contribution < -0.4 is 0 Å². The Morgan fingerprint density at radius 1 is 0.579 bits per heavy atom. The summed E-state index contributed by atoms with van der Waals surface area (Å²) in [5, 5.41) is 9.10. The van der Waals surface area contributed by atoms with Gasteiger partial charge >= 0.3 is 0 Å². The van der Waals surface area contributed by atoms with Crippen LogP contribution in [0.5, 0.6) is 0 Å². The van der Waals surface area contributed by atoms with E-state index in [0.29, 0.717) is 0 Å². The van der Waals surface area contributed by atoms with Gasteiger partial charge < -0.3 is 33.5 Å². The first-order chi connectivity index (χ1) is 18.3. The van der Waals surface area contributed by atoms with E-state index in [2.05, 4.69) is 27.7 Å². The van der Waals surface area contributed by atoms with E-state index < -0.39 is 0 Å². The molecule has 3 atom stereocenters. The molecule has 0 saturated carbocycles. The molecular formula is C31H60O7. The summed E-state index contributed by atoms with van der Waals surface area (Å²) in [5.41, 5.74) is 0.267. The van der Waals surface area contributed by atoms with Crippen LogP contribution in [0.15, 0.2) is 0 Å². The van der Waals surface area contributed by atoms with Crippen molar-refractivity contribution in [2.75, 3.05) is 46.2 Å². The van der Waals surface area contributed by atoms with Crippen LogP contribution in [0.2, 0.25) is 0 Å². The van der Waals surface area contributed by atoms with Gasteiger partial charge in [-0.3, -0.25) is 0 Å². The molecule has 1 N–H and O–H groups in total. The Kier molecular flexibility index (Phi) is 17.6. The standard InChI is InChI=1S/C18H34O4.C13H26O3/c1-18(2,15-22-17-10-4-7-13-21-17)11-5-8-14-20-16-9-3-6-12-19-16;1-13(2,11-14)8-4-6-10-16-12-7-3-5-9-15-12/h16-17H,3-15H2,1-2H3;12,14H,3-11H2,1-2H3. The first-order valence-electron chi connectivity index (χ1n) is 15.6. The summed E-state index contributed by atoms with van der Waals surface area (Å²) in [7, 11) is 0. The molecular weight excluding hydrogens is 484 g/mol. The SMILES string of the molecule is CC(C)(CCCCOC1CCCCO1)COC1CCCCO1.CC(C)(CO)CCCCOC1CCCCO1. The maximum Gasteiger partial charge on any atom is 0.157 e. The zero-order valence-electron chi connectivity index (χ0n) is 25.2. The van der Waals surface area contributed by atoms with Crippen molar-refractivity contribution in [1.82, 2.24) is 0 Å². The van der Waals surface area contributed by atoms with Crippen molar-refractivity contribution in [3.8, 4) is 0 Å². The van der Waals surface area contributed by atoms with Crippen LogP contribution in [0.1, 0.15) is 124 Å². The number of hydrogen-bond donors (Lipinski definition) is 1. The third-order valence-electron chi connectivity index (χ3n) is 7.60. The molecule has 0 aromatic heterocycles. The van der Waals surface area contributed by atoms with Gasteiger partial charge in [-0.15, -0.1) is 0 Å². The zero-order valence-corrected chi connectivity index (χ0v) is 25.2. The summed E-state index contributed by atoms with van der Waals surface area (Å²) in [5.74, 6) is 0. The van der Waals surface area contributed by atoms with E-state index >= 15 is 0 Å². The lowest BCUT2D eigenvalue weighted by atomic mass is 9.88. The molecule has 0 aromatic carbocycles. The molecule has 226 valence electrons. The van der Waals surface area contributed by atoms with Crippen molar-refractivity contribution >= 4 is 0 Å². The molecule has 0 bridgehead atoms. The normalized spacial score (nSPS) is 25.0. The Morgan fingerprint density at radius 2 is 1.00 bits per heavy atom. The fraction of sp³-hybridized carbons (Fsp3) is 1.00. The van der Waals surface area contributed by atoms with Crippen LogP contribution >= 0.6 is 0 Å². The summed E-state index contributed by atoms with van der Waals surface area (Å²) < 4.78 is 34.0. The molecule has 0 radical (unpaired) electrons. The average Bonchev–Trinajstić information content (AvgIpc) is 2.94. The molecule has 38 heavy (non-hydrogen) atoms. The predicted molar refractivity (Wildman–Crippen MR) is 151 cm³/mol. The van der Waals surface area contributed by atoms with E-state index in [4.69, 9.17) is 33.5 Å². The quantitative estimate of drug-likeness (QED) is 0.210. The predicted octanol–water partition coefficient (Wildman–Crippen LogP) is 6.99. The maximum absolute atomic E-state index is 9.10. The molecule has 3 rings (SSSR count). The lowest BCUT2D eigenvalue weighted by molar-refractivity contribution is -0.177. The molecule has 3 saturated heterocycles. The van der Waals surface area contributed by atoms with E-state index in [0.717, 1.165) is 91.0 Å². The smallest absolute Gasteiger partial charge is 0.157 e. The Bertz CT molecular complexity index is 550. The molecule has 3 heterocycles. The second-order valence-electron chi connectivity index (χ2n) is 12.8. The number of aliphatic hydroxyl groups excluding tert-OH is 1. The number of rotatable bonds is 16. The highest BCUT2D eigenvalue weighted by atomic mass is 16.7. The molecule has 3 aliphatic rings. The second kappa shape index (κ2) is 19.7. The first kappa shape index (κ1) is 33.9. The minimum Gasteiger partial charge on any atom is -0.396 e. The Labute approximate surface area is 233 Å². The van der Waals surface area contributed by atoms with Gasteiger partial charge in [0.2, 0.25) is 0 Å². The van der Waals surface area contributed by atoms with Gasteiger partial charge in [0.05, 0.1) is 6.61 Å². The fourth-order valence-electron chi connectivity index (χ4n) is 4.84. The van der Waals surface area contributed by atoms with E-state index in [1.807, 2.05) is 0 Å². The van der Waals surface area contributed by atoms with Gasteiger partial charge in [0.1, 0.15) is 0 Å². The lowest BCUT2D eigenvalue weighted by Gasteiger charge is -2.29. The molecule has 0 aromatic rings. The highest BCUT2D eigenvalue weighted by Crippen LogP contribution is 2.26. The summed E-state index contributed by atoms with van der Waals surface area (Å²) in [4.78, 5) is 0. The highest BCUT2D eigenvalue weighted by molar-refractivity contribution is 4.69. The fourth-order valence-corrected chi connectivity index (χ4v) is 4.84. The van der Waals surface area contributed by atoms with E-state index in [1.165, 1.54) is 44.9 Å². The van der Waals surface area contributed by atoms with Gasteiger partial charge in [0, 0.05) is 39.6 Å². The first-order valence-corrected chi connectivity index (χ1v) is 15.6. The van der Waals surface area contributed by atoms with Crippen LogP contribution in [0.25, 0.3) is 0 Å². The van der Waals surface area contributed by atoms with E-state index in [-0.39, 0.29) is 36.3 Å². The van der Waals surface area contributed by atoms with Crippen LogP contribution in [0, 0.1) is 10.8 Å². The van der Waals surface area contributed by atoms with Crippen LogP contribution in [-0.4, -0.2) is 70.2 Å². The topological polar surface area (TPSA) is 75.6 Å². The van der Waals surface area contributed by atoms with Crippen molar-refractivity contribution in [2.45, 2.75) is 143 Å². The maximum atomic E-state index is 9.10. The van der Waals surface area contributed by atoms with Crippen LogP contribution in [-0.2, 0) is 28.4 Å². The third-order valence-corrected chi connectivity index (χ3v) is 7.60. The van der Waals surface area contributed by atoms with Gasteiger partial charge in [0.15, 0.2) is 18.9 Å². The van der Waals surface area contributed by atoms with Crippen molar-refractivity contribution in [1.29, 1.82) is 0 Å². The largest absolute Gasteiger partial charge is 0.396 e. The molecule has 0 spiro atoms. The minimum absolute atomic E-state index is 0.0276. The minimum atomic E-state index is 0.0276. The Hall–Kier alpha value is -0.280. The highest BCUT2D eigenvalue weighted by Gasteiger charge is 2.22. The van der Waals surface area contributed by atoms with Gasteiger partial charge in [-0.2, -0.15) is 0 Å². The molecule has 3 fully saturated rings. The summed E-state index contributed by atoms with van der Waals surface area (Å²) >= 11 is 0. The Morgan fingerprint density at radius 3 is 1.39 bits per heavy atom. The van der Waals surface area contributed by atoms with Crippen molar-refractivity contribution in [3.63, 3.8) is 0 Å². The zero-order chi connectivity index (χ0) is 27.5. The van der Waals surface area contributed by atoms with E-state index in [9.17, 15) is 0 Å². The van der Waals surface area contributed by atoms with Crippen molar-refractivity contribution in [2.24, 2.45) is 10.8 Å². The Balaban J connectivity index is 0.000000281. The number of unbranched alkanes of at least 4 members (excludes halogenated alkanes) is 2. The van der Waals surface area contributed by atoms with Crippen LogP contribution in [0.3, 0.4) is 0 Å². The molecule has 7 heteroatoms. The van der Waals surface area contributed by atoms with Gasteiger partial charge in [0.25, 0.3) is 0 Å². The number of aliphatic hydroxyl groups is 1. The molecule has 3 unspecified atom stereocenters. The van der Waals surface area contributed by atoms with Gasteiger partial charge in [-0.25, -0.2) is 0 Å².